The third kappa shape index (κ3) is 4.37. The molecule has 150 valence electrons. The van der Waals surface area contributed by atoms with Gasteiger partial charge in [0.2, 0.25) is 5.91 Å². The van der Waals surface area contributed by atoms with E-state index in [2.05, 4.69) is 5.10 Å². The molecule has 2 amide bonds. The van der Waals surface area contributed by atoms with E-state index in [-0.39, 0.29) is 31.4 Å². The molecule has 0 bridgehead atoms. The zero-order chi connectivity index (χ0) is 20.2. The molecule has 0 aliphatic carbocycles. The second kappa shape index (κ2) is 8.30. The summed E-state index contributed by atoms with van der Waals surface area (Å²) in [5.74, 6) is -0.969. The van der Waals surface area contributed by atoms with Crippen LogP contribution in [0.2, 0.25) is 0 Å². The van der Waals surface area contributed by atoms with Crippen molar-refractivity contribution in [2.75, 3.05) is 19.7 Å². The van der Waals surface area contributed by atoms with Crippen LogP contribution >= 0.6 is 0 Å². The van der Waals surface area contributed by atoms with Crippen molar-refractivity contribution in [2.24, 2.45) is 11.0 Å². The number of rotatable bonds is 6. The molecule has 1 saturated heterocycles. The molecule has 0 spiro atoms. The molecule has 8 nitrogen and oxygen atoms in total. The number of furan rings is 1. The molecule has 3 heterocycles. The van der Waals surface area contributed by atoms with E-state index in [4.69, 9.17) is 9.15 Å². The summed E-state index contributed by atoms with van der Waals surface area (Å²) in [6, 6.07) is 13.2. The van der Waals surface area contributed by atoms with Gasteiger partial charge in [-0.1, -0.05) is 30.3 Å². The normalized spacial score (nSPS) is 18.8. The lowest BCUT2D eigenvalue weighted by Gasteiger charge is -2.15. The number of hydrazone groups is 1. The molecule has 2 aliphatic rings. The highest BCUT2D eigenvalue weighted by atomic mass is 16.5. The van der Waals surface area contributed by atoms with Crippen LogP contribution in [-0.4, -0.2) is 53.1 Å². The fourth-order valence-electron chi connectivity index (χ4n) is 3.47. The molecular weight excluding hydrogens is 374 g/mol. The Balaban J connectivity index is 1.27. The number of likely N-dealkylation sites (tertiary alicyclic amines) is 1. The van der Waals surface area contributed by atoms with Crippen molar-refractivity contribution in [3.8, 4) is 0 Å². The molecule has 2 aromatic rings. The number of nitrogens with zero attached hydrogens (tertiary/aromatic N) is 3. The molecule has 0 N–H and O–H groups in total. The highest BCUT2D eigenvalue weighted by Gasteiger charge is 2.36. The molecule has 1 fully saturated rings. The molecule has 0 radical (unpaired) electrons. The van der Waals surface area contributed by atoms with Gasteiger partial charge in [-0.05, 0) is 17.7 Å². The Hall–Kier alpha value is -3.42. The summed E-state index contributed by atoms with van der Waals surface area (Å²) in [5.41, 5.74) is 1.81. The minimum atomic E-state index is -0.577. The summed E-state index contributed by atoms with van der Waals surface area (Å²) in [6.45, 7) is 0.651. The van der Waals surface area contributed by atoms with Crippen LogP contribution in [0.5, 0.6) is 0 Å². The van der Waals surface area contributed by atoms with Crippen molar-refractivity contribution in [1.29, 1.82) is 0 Å². The van der Waals surface area contributed by atoms with Crippen molar-refractivity contribution < 1.29 is 23.5 Å². The smallest absolute Gasteiger partial charge is 0.311 e. The molecule has 1 aromatic heterocycles. The largest absolute Gasteiger partial charge is 0.467 e. The second-order valence-corrected chi connectivity index (χ2v) is 7.04. The Morgan fingerprint density at radius 1 is 1.17 bits per heavy atom. The molecule has 29 heavy (non-hydrogen) atoms. The average molecular weight is 395 g/mol. The molecule has 0 unspecified atom stereocenters. The van der Waals surface area contributed by atoms with Gasteiger partial charge in [-0.2, -0.15) is 5.10 Å². The number of carbonyl (C=O) groups is 3. The van der Waals surface area contributed by atoms with Crippen molar-refractivity contribution in [1.82, 2.24) is 9.91 Å². The van der Waals surface area contributed by atoms with Gasteiger partial charge < -0.3 is 14.1 Å². The molecular formula is C21H21N3O5. The monoisotopic (exact) mass is 395 g/mol. The van der Waals surface area contributed by atoms with E-state index in [1.807, 2.05) is 30.3 Å². The first-order valence-corrected chi connectivity index (χ1v) is 9.50. The molecule has 8 heteroatoms. The van der Waals surface area contributed by atoms with Gasteiger partial charge in [-0.25, -0.2) is 5.01 Å². The van der Waals surface area contributed by atoms with Gasteiger partial charge in [-0.3, -0.25) is 14.4 Å². The van der Waals surface area contributed by atoms with Crippen molar-refractivity contribution in [3.05, 3.63) is 60.1 Å². The minimum absolute atomic E-state index is 0.0771. The van der Waals surface area contributed by atoms with Gasteiger partial charge >= 0.3 is 5.97 Å². The fraction of sp³-hybridized carbons (Fsp3) is 0.333. The Labute approximate surface area is 167 Å². The lowest BCUT2D eigenvalue weighted by atomic mass is 10.1. The van der Waals surface area contributed by atoms with Crippen LogP contribution < -0.4 is 0 Å². The van der Waals surface area contributed by atoms with E-state index >= 15 is 0 Å². The number of carbonyl (C=O) groups excluding carboxylic acids is 3. The highest BCUT2D eigenvalue weighted by Crippen LogP contribution is 2.22. The third-order valence-corrected chi connectivity index (χ3v) is 5.01. The van der Waals surface area contributed by atoms with E-state index in [9.17, 15) is 14.4 Å². The van der Waals surface area contributed by atoms with E-state index in [1.165, 1.54) is 11.3 Å². The standard InChI is InChI=1S/C21H21N3O5/c25-19-11-16(12-23(19)13-17-7-4-10-28-17)21(27)29-14-20(26)24-9-8-18(22-24)15-5-2-1-3-6-15/h1-7,10,16H,8-9,11-14H2/t16-/m1/s1. The van der Waals surface area contributed by atoms with Crippen molar-refractivity contribution in [2.45, 2.75) is 19.4 Å². The predicted octanol–water partition coefficient (Wildman–Crippen LogP) is 1.81. The SMILES string of the molecule is O=C(OCC(=O)N1CCC(c2ccccc2)=N1)[C@@H]1CC(=O)N(Cc2ccco2)C1. The topological polar surface area (TPSA) is 92.4 Å². The maximum absolute atomic E-state index is 12.3. The van der Waals surface area contributed by atoms with Gasteiger partial charge in [0.15, 0.2) is 6.61 Å². The minimum Gasteiger partial charge on any atom is -0.467 e. The quantitative estimate of drug-likeness (QED) is 0.696. The van der Waals surface area contributed by atoms with Gasteiger partial charge in [0.05, 0.1) is 31.0 Å². The van der Waals surface area contributed by atoms with Crippen LogP contribution in [0.1, 0.15) is 24.2 Å². The van der Waals surface area contributed by atoms with Gasteiger partial charge in [0.25, 0.3) is 5.91 Å². The first-order chi connectivity index (χ1) is 14.1. The predicted molar refractivity (Wildman–Crippen MR) is 103 cm³/mol. The first kappa shape index (κ1) is 18.9. The van der Waals surface area contributed by atoms with Gasteiger partial charge in [0, 0.05) is 19.4 Å². The zero-order valence-electron chi connectivity index (χ0n) is 15.8. The lowest BCUT2D eigenvalue weighted by molar-refractivity contribution is -0.155. The Kier molecular flexibility index (Phi) is 5.41. The fourth-order valence-corrected chi connectivity index (χ4v) is 3.47. The second-order valence-electron chi connectivity index (χ2n) is 7.04. The van der Waals surface area contributed by atoms with E-state index in [1.54, 1.807) is 17.0 Å². The van der Waals surface area contributed by atoms with Crippen LogP contribution in [0.4, 0.5) is 0 Å². The summed E-state index contributed by atoms with van der Waals surface area (Å²) < 4.78 is 10.4. The Bertz CT molecular complexity index is 923. The van der Waals surface area contributed by atoms with Crippen molar-refractivity contribution >= 4 is 23.5 Å². The number of benzene rings is 1. The molecule has 0 saturated carbocycles. The first-order valence-electron chi connectivity index (χ1n) is 9.50. The zero-order valence-corrected chi connectivity index (χ0v) is 15.8. The van der Waals surface area contributed by atoms with Crippen LogP contribution in [0, 0.1) is 5.92 Å². The molecule has 1 atom stereocenters. The van der Waals surface area contributed by atoms with E-state index in [0.29, 0.717) is 25.3 Å². The Morgan fingerprint density at radius 2 is 2.00 bits per heavy atom. The maximum Gasteiger partial charge on any atom is 0.311 e. The summed E-state index contributed by atoms with van der Waals surface area (Å²) in [7, 11) is 0. The summed E-state index contributed by atoms with van der Waals surface area (Å²) >= 11 is 0. The number of hydrogen-bond acceptors (Lipinski definition) is 6. The lowest BCUT2D eigenvalue weighted by Crippen LogP contribution is -2.31. The van der Waals surface area contributed by atoms with Gasteiger partial charge in [-0.15, -0.1) is 0 Å². The summed E-state index contributed by atoms with van der Waals surface area (Å²) in [4.78, 5) is 38.3. The van der Waals surface area contributed by atoms with Crippen molar-refractivity contribution in [3.63, 3.8) is 0 Å². The van der Waals surface area contributed by atoms with Crippen LogP contribution in [0.3, 0.4) is 0 Å². The summed E-state index contributed by atoms with van der Waals surface area (Å²) in [5, 5.41) is 5.67. The number of hydrogen-bond donors (Lipinski definition) is 0. The maximum atomic E-state index is 12.3. The van der Waals surface area contributed by atoms with Crippen LogP contribution in [-0.2, 0) is 25.7 Å². The number of ether oxygens (including phenoxy) is 1. The van der Waals surface area contributed by atoms with Gasteiger partial charge in [0.1, 0.15) is 5.76 Å². The molecule has 4 rings (SSSR count). The molecule has 2 aliphatic heterocycles. The average Bonchev–Trinajstić information content (AvgIpc) is 3.49. The molecule has 1 aromatic carbocycles. The number of amides is 2. The van der Waals surface area contributed by atoms with Crippen LogP contribution in [0.15, 0.2) is 58.2 Å². The highest BCUT2D eigenvalue weighted by molar-refractivity contribution is 6.02. The Morgan fingerprint density at radius 3 is 2.76 bits per heavy atom. The van der Waals surface area contributed by atoms with E-state index in [0.717, 1.165) is 11.3 Å². The van der Waals surface area contributed by atoms with E-state index < -0.39 is 11.9 Å². The third-order valence-electron chi connectivity index (χ3n) is 5.01. The van der Waals surface area contributed by atoms with Crippen LogP contribution in [0.25, 0.3) is 0 Å². The number of esters is 1. The summed E-state index contributed by atoms with van der Waals surface area (Å²) in [6.07, 6.45) is 2.27.